The van der Waals surface area contributed by atoms with Crippen molar-refractivity contribution in [3.8, 4) is 0 Å². The van der Waals surface area contributed by atoms with E-state index in [1.54, 1.807) is 6.92 Å². The first-order chi connectivity index (χ1) is 8.50. The van der Waals surface area contributed by atoms with Gasteiger partial charge in [0, 0.05) is 19.0 Å². The average molecular weight is 256 g/mol. The van der Waals surface area contributed by atoms with E-state index < -0.39 is 11.9 Å². The van der Waals surface area contributed by atoms with Crippen molar-refractivity contribution in [3.05, 3.63) is 0 Å². The Bertz CT molecular complexity index is 294. The second-order valence-corrected chi connectivity index (χ2v) is 5.21. The normalized spacial score (nSPS) is 22.4. The van der Waals surface area contributed by atoms with Crippen molar-refractivity contribution in [3.63, 3.8) is 0 Å². The maximum Gasteiger partial charge on any atom is 0.308 e. The van der Waals surface area contributed by atoms with E-state index in [1.807, 2.05) is 0 Å². The molecule has 0 spiro atoms. The molecule has 1 saturated heterocycles. The van der Waals surface area contributed by atoms with Gasteiger partial charge in [-0.05, 0) is 32.9 Å². The van der Waals surface area contributed by atoms with Gasteiger partial charge in [-0.3, -0.25) is 9.59 Å². The first-order valence-electron chi connectivity index (χ1n) is 6.70. The molecule has 2 N–H and O–H groups in total. The minimum absolute atomic E-state index is 0.0397. The zero-order chi connectivity index (χ0) is 13.5. The number of aliphatic carboxylic acids is 1. The molecule has 1 aliphatic heterocycles. The Morgan fingerprint density at radius 3 is 2.78 bits per heavy atom. The molecule has 0 radical (unpaired) electrons. The number of amides is 1. The van der Waals surface area contributed by atoms with Crippen molar-refractivity contribution in [1.82, 2.24) is 10.2 Å². The van der Waals surface area contributed by atoms with E-state index in [0.29, 0.717) is 12.5 Å². The fourth-order valence-electron chi connectivity index (χ4n) is 2.25. The molecule has 1 heterocycles. The standard InChI is InChI=1S/C13H24N2O3/c1-10(13(17)18)9-14-12(16)7-6-11-5-3-4-8-15(11)2/h10-11H,3-9H2,1-2H3,(H,14,16)(H,17,18). The summed E-state index contributed by atoms with van der Waals surface area (Å²) in [6.07, 6.45) is 5.00. The van der Waals surface area contributed by atoms with Gasteiger partial charge in [0.1, 0.15) is 0 Å². The molecule has 1 rings (SSSR count). The van der Waals surface area contributed by atoms with Crippen LogP contribution in [-0.2, 0) is 9.59 Å². The molecule has 18 heavy (non-hydrogen) atoms. The Balaban J connectivity index is 2.18. The predicted octanol–water partition coefficient (Wildman–Crippen LogP) is 1.09. The first kappa shape index (κ1) is 15.0. The lowest BCUT2D eigenvalue weighted by Crippen LogP contribution is -2.38. The van der Waals surface area contributed by atoms with Gasteiger partial charge in [-0.25, -0.2) is 0 Å². The van der Waals surface area contributed by atoms with E-state index in [0.717, 1.165) is 19.4 Å². The molecule has 5 heteroatoms. The third kappa shape index (κ3) is 5.04. The largest absolute Gasteiger partial charge is 0.481 e. The van der Waals surface area contributed by atoms with Crippen LogP contribution >= 0.6 is 0 Å². The molecule has 0 aromatic heterocycles. The minimum Gasteiger partial charge on any atom is -0.481 e. The second kappa shape index (κ2) is 7.36. The monoisotopic (exact) mass is 256 g/mol. The number of carboxylic acid groups (broad SMARTS) is 1. The molecule has 1 fully saturated rings. The van der Waals surface area contributed by atoms with Gasteiger partial charge in [0.05, 0.1) is 5.92 Å². The van der Waals surface area contributed by atoms with Gasteiger partial charge in [-0.2, -0.15) is 0 Å². The van der Waals surface area contributed by atoms with Crippen LogP contribution in [0.4, 0.5) is 0 Å². The van der Waals surface area contributed by atoms with Crippen LogP contribution in [0, 0.1) is 5.92 Å². The lowest BCUT2D eigenvalue weighted by atomic mass is 9.98. The number of hydrogen-bond donors (Lipinski definition) is 2. The third-order valence-electron chi connectivity index (χ3n) is 3.65. The topological polar surface area (TPSA) is 69.6 Å². The lowest BCUT2D eigenvalue weighted by Gasteiger charge is -2.32. The van der Waals surface area contributed by atoms with Crippen LogP contribution in [0.15, 0.2) is 0 Å². The summed E-state index contributed by atoms with van der Waals surface area (Å²) < 4.78 is 0. The SMILES string of the molecule is CC(CNC(=O)CCC1CCCCN1C)C(=O)O. The number of nitrogens with zero attached hydrogens (tertiary/aromatic N) is 1. The first-order valence-corrected chi connectivity index (χ1v) is 6.70. The highest BCUT2D eigenvalue weighted by Gasteiger charge is 2.19. The lowest BCUT2D eigenvalue weighted by molar-refractivity contribution is -0.141. The van der Waals surface area contributed by atoms with Gasteiger partial charge >= 0.3 is 5.97 Å². The van der Waals surface area contributed by atoms with Crippen molar-refractivity contribution in [2.75, 3.05) is 20.1 Å². The maximum atomic E-state index is 11.6. The average Bonchev–Trinajstić information content (AvgIpc) is 2.34. The molecular weight excluding hydrogens is 232 g/mol. The number of carbonyl (C=O) groups excluding carboxylic acids is 1. The van der Waals surface area contributed by atoms with Crippen LogP contribution in [0.25, 0.3) is 0 Å². The van der Waals surface area contributed by atoms with Crippen LogP contribution < -0.4 is 5.32 Å². The summed E-state index contributed by atoms with van der Waals surface area (Å²) in [5.41, 5.74) is 0. The van der Waals surface area contributed by atoms with Crippen molar-refractivity contribution >= 4 is 11.9 Å². The Hall–Kier alpha value is -1.10. The van der Waals surface area contributed by atoms with Crippen molar-refractivity contribution in [2.45, 2.75) is 45.1 Å². The number of likely N-dealkylation sites (tertiary alicyclic amines) is 1. The van der Waals surface area contributed by atoms with E-state index in [4.69, 9.17) is 5.11 Å². The fourth-order valence-corrected chi connectivity index (χ4v) is 2.25. The summed E-state index contributed by atoms with van der Waals surface area (Å²) in [6.45, 7) is 2.93. The van der Waals surface area contributed by atoms with Gasteiger partial charge in [-0.1, -0.05) is 13.3 Å². The Morgan fingerprint density at radius 1 is 1.44 bits per heavy atom. The quantitative estimate of drug-likeness (QED) is 0.746. The molecule has 1 aliphatic rings. The minimum atomic E-state index is -0.873. The molecule has 0 saturated carbocycles. The highest BCUT2D eigenvalue weighted by Crippen LogP contribution is 2.18. The highest BCUT2D eigenvalue weighted by molar-refractivity contribution is 5.77. The summed E-state index contributed by atoms with van der Waals surface area (Å²) in [5, 5.41) is 11.4. The van der Waals surface area contributed by atoms with E-state index >= 15 is 0 Å². The van der Waals surface area contributed by atoms with Crippen molar-refractivity contribution in [2.24, 2.45) is 5.92 Å². The second-order valence-electron chi connectivity index (χ2n) is 5.21. The van der Waals surface area contributed by atoms with E-state index in [-0.39, 0.29) is 12.5 Å². The summed E-state index contributed by atoms with van der Waals surface area (Å²) in [4.78, 5) is 24.5. The molecule has 0 aromatic carbocycles. The van der Waals surface area contributed by atoms with Crippen LogP contribution in [0.2, 0.25) is 0 Å². The van der Waals surface area contributed by atoms with Gasteiger partial charge in [0.15, 0.2) is 0 Å². The summed E-state index contributed by atoms with van der Waals surface area (Å²) >= 11 is 0. The highest BCUT2D eigenvalue weighted by atomic mass is 16.4. The number of carbonyl (C=O) groups is 2. The molecule has 0 aliphatic carbocycles. The fraction of sp³-hybridized carbons (Fsp3) is 0.846. The number of nitrogens with one attached hydrogen (secondary N) is 1. The van der Waals surface area contributed by atoms with Gasteiger partial charge in [0.2, 0.25) is 5.91 Å². The molecule has 0 aromatic rings. The van der Waals surface area contributed by atoms with Crippen molar-refractivity contribution in [1.29, 1.82) is 0 Å². The van der Waals surface area contributed by atoms with Crippen LogP contribution in [-0.4, -0.2) is 48.1 Å². The van der Waals surface area contributed by atoms with Crippen LogP contribution in [0.1, 0.15) is 39.0 Å². The third-order valence-corrected chi connectivity index (χ3v) is 3.65. The molecular formula is C13H24N2O3. The van der Waals surface area contributed by atoms with Crippen molar-refractivity contribution < 1.29 is 14.7 Å². The van der Waals surface area contributed by atoms with Crippen LogP contribution in [0.3, 0.4) is 0 Å². The Kier molecular flexibility index (Phi) is 6.12. The number of carboxylic acids is 1. The van der Waals surface area contributed by atoms with Crippen LogP contribution in [0.5, 0.6) is 0 Å². The molecule has 2 unspecified atom stereocenters. The molecule has 2 atom stereocenters. The van der Waals surface area contributed by atoms with Gasteiger partial charge in [-0.15, -0.1) is 0 Å². The number of hydrogen-bond acceptors (Lipinski definition) is 3. The zero-order valence-corrected chi connectivity index (χ0v) is 11.3. The molecule has 0 bridgehead atoms. The summed E-state index contributed by atoms with van der Waals surface area (Å²) in [7, 11) is 2.11. The summed E-state index contributed by atoms with van der Waals surface area (Å²) in [6, 6.07) is 0.501. The van der Waals surface area contributed by atoms with Gasteiger partial charge < -0.3 is 15.3 Å². The van der Waals surface area contributed by atoms with E-state index in [9.17, 15) is 9.59 Å². The molecule has 104 valence electrons. The molecule has 1 amide bonds. The van der Waals surface area contributed by atoms with E-state index in [1.165, 1.54) is 12.8 Å². The Labute approximate surface area is 109 Å². The smallest absolute Gasteiger partial charge is 0.308 e. The number of rotatable bonds is 6. The predicted molar refractivity (Wildman–Crippen MR) is 69.3 cm³/mol. The van der Waals surface area contributed by atoms with E-state index in [2.05, 4.69) is 17.3 Å². The number of piperidine rings is 1. The zero-order valence-electron chi connectivity index (χ0n) is 11.3. The Morgan fingerprint density at radius 2 is 2.17 bits per heavy atom. The van der Waals surface area contributed by atoms with Gasteiger partial charge in [0.25, 0.3) is 0 Å². The summed E-state index contributed by atoms with van der Waals surface area (Å²) in [5.74, 6) is -1.43. The molecule has 5 nitrogen and oxygen atoms in total. The maximum absolute atomic E-state index is 11.6.